The summed E-state index contributed by atoms with van der Waals surface area (Å²) < 4.78 is 10.4. The van der Waals surface area contributed by atoms with E-state index < -0.39 is 0 Å². The molecule has 1 aliphatic heterocycles. The van der Waals surface area contributed by atoms with E-state index in [1.165, 1.54) is 0 Å². The highest BCUT2D eigenvalue weighted by molar-refractivity contribution is 4.57. The van der Waals surface area contributed by atoms with Crippen LogP contribution in [0.3, 0.4) is 0 Å². The Morgan fingerprint density at radius 1 is 1.44 bits per heavy atom. The largest absolute Gasteiger partial charge is 0.351 e. The molecule has 3 heteroatoms. The van der Waals surface area contributed by atoms with Crippen molar-refractivity contribution in [3.8, 4) is 0 Å². The standard InChI is InChI=1S/C6H13NO2/c1-5-3-8-6(2-7)9-4-5/h5-6H,2-4,7H2,1H3. The van der Waals surface area contributed by atoms with Crippen molar-refractivity contribution in [3.05, 3.63) is 0 Å². The molecule has 0 radical (unpaired) electrons. The van der Waals surface area contributed by atoms with Crippen molar-refractivity contribution in [3.63, 3.8) is 0 Å². The van der Waals surface area contributed by atoms with Crippen LogP contribution in [0, 0.1) is 5.92 Å². The molecule has 2 N–H and O–H groups in total. The minimum Gasteiger partial charge on any atom is -0.351 e. The quantitative estimate of drug-likeness (QED) is 0.543. The summed E-state index contributed by atoms with van der Waals surface area (Å²) in [6, 6.07) is 0. The van der Waals surface area contributed by atoms with Gasteiger partial charge in [0.15, 0.2) is 6.29 Å². The summed E-state index contributed by atoms with van der Waals surface area (Å²) in [5, 5.41) is 0. The maximum Gasteiger partial charge on any atom is 0.169 e. The predicted octanol–water partition coefficient (Wildman–Crippen LogP) is -0.0459. The Hall–Kier alpha value is -0.120. The second kappa shape index (κ2) is 3.15. The van der Waals surface area contributed by atoms with Crippen molar-refractivity contribution in [2.75, 3.05) is 19.8 Å². The molecular weight excluding hydrogens is 118 g/mol. The maximum atomic E-state index is 5.30. The van der Waals surface area contributed by atoms with Crippen LogP contribution in [0.1, 0.15) is 6.92 Å². The summed E-state index contributed by atoms with van der Waals surface area (Å²) in [4.78, 5) is 0. The average Bonchev–Trinajstić information content (AvgIpc) is 1.90. The van der Waals surface area contributed by atoms with Gasteiger partial charge in [-0.15, -0.1) is 0 Å². The highest BCUT2D eigenvalue weighted by Gasteiger charge is 2.16. The number of hydrogen-bond acceptors (Lipinski definition) is 3. The molecule has 0 atom stereocenters. The van der Waals surface area contributed by atoms with Crippen molar-refractivity contribution >= 4 is 0 Å². The fraction of sp³-hybridized carbons (Fsp3) is 1.00. The lowest BCUT2D eigenvalue weighted by Crippen LogP contribution is -2.35. The van der Waals surface area contributed by atoms with E-state index in [9.17, 15) is 0 Å². The van der Waals surface area contributed by atoms with Crippen molar-refractivity contribution in [2.24, 2.45) is 11.7 Å². The SMILES string of the molecule is CC1COC(CN)OC1. The lowest BCUT2D eigenvalue weighted by molar-refractivity contribution is -0.191. The fourth-order valence-electron chi connectivity index (χ4n) is 0.775. The van der Waals surface area contributed by atoms with Crippen molar-refractivity contribution < 1.29 is 9.47 Å². The van der Waals surface area contributed by atoms with Gasteiger partial charge in [0.2, 0.25) is 0 Å². The summed E-state index contributed by atoms with van der Waals surface area (Å²) in [5.74, 6) is 0.521. The Morgan fingerprint density at radius 3 is 2.44 bits per heavy atom. The zero-order valence-corrected chi connectivity index (χ0v) is 5.67. The van der Waals surface area contributed by atoms with Crippen LogP contribution in [0.2, 0.25) is 0 Å². The monoisotopic (exact) mass is 131 g/mol. The first-order valence-electron chi connectivity index (χ1n) is 3.26. The van der Waals surface area contributed by atoms with Crippen molar-refractivity contribution in [1.82, 2.24) is 0 Å². The summed E-state index contributed by atoms with van der Waals surface area (Å²) in [6.07, 6.45) is -0.152. The van der Waals surface area contributed by atoms with E-state index >= 15 is 0 Å². The van der Waals surface area contributed by atoms with Gasteiger partial charge in [-0.2, -0.15) is 0 Å². The molecule has 0 spiro atoms. The maximum absolute atomic E-state index is 5.30. The zero-order chi connectivity index (χ0) is 6.69. The molecule has 0 aromatic carbocycles. The highest BCUT2D eigenvalue weighted by atomic mass is 16.7. The van der Waals surface area contributed by atoms with Crippen LogP contribution in [0.5, 0.6) is 0 Å². The van der Waals surface area contributed by atoms with Gasteiger partial charge in [-0.05, 0) is 0 Å². The Labute approximate surface area is 55.1 Å². The van der Waals surface area contributed by atoms with E-state index in [1.807, 2.05) is 0 Å². The minimum atomic E-state index is -0.152. The molecule has 0 amide bonds. The third kappa shape index (κ3) is 1.93. The van der Waals surface area contributed by atoms with Gasteiger partial charge in [-0.25, -0.2) is 0 Å². The molecule has 1 heterocycles. The Morgan fingerprint density at radius 2 is 2.00 bits per heavy atom. The van der Waals surface area contributed by atoms with Gasteiger partial charge >= 0.3 is 0 Å². The fourth-order valence-corrected chi connectivity index (χ4v) is 0.775. The molecule has 1 aliphatic rings. The Bertz CT molecular complexity index is 79.1. The number of hydrogen-bond donors (Lipinski definition) is 1. The molecule has 0 bridgehead atoms. The van der Waals surface area contributed by atoms with Crippen LogP contribution >= 0.6 is 0 Å². The van der Waals surface area contributed by atoms with Gasteiger partial charge in [0, 0.05) is 12.5 Å². The van der Waals surface area contributed by atoms with Gasteiger partial charge in [0.25, 0.3) is 0 Å². The normalized spacial score (nSPS) is 36.7. The molecule has 9 heavy (non-hydrogen) atoms. The summed E-state index contributed by atoms with van der Waals surface area (Å²) in [7, 11) is 0. The number of nitrogens with two attached hydrogens (primary N) is 1. The molecule has 1 fully saturated rings. The Balaban J connectivity index is 2.18. The van der Waals surface area contributed by atoms with Crippen LogP contribution in [0.25, 0.3) is 0 Å². The van der Waals surface area contributed by atoms with Gasteiger partial charge < -0.3 is 15.2 Å². The smallest absolute Gasteiger partial charge is 0.169 e. The molecule has 0 aromatic heterocycles. The third-order valence-electron chi connectivity index (χ3n) is 1.33. The molecule has 0 unspecified atom stereocenters. The van der Waals surface area contributed by atoms with Gasteiger partial charge in [-0.1, -0.05) is 6.92 Å². The first-order chi connectivity index (χ1) is 4.33. The third-order valence-corrected chi connectivity index (χ3v) is 1.33. The van der Waals surface area contributed by atoms with E-state index in [-0.39, 0.29) is 6.29 Å². The van der Waals surface area contributed by atoms with E-state index in [0.29, 0.717) is 12.5 Å². The first-order valence-corrected chi connectivity index (χ1v) is 3.26. The second-order valence-corrected chi connectivity index (χ2v) is 2.44. The molecule has 0 aliphatic carbocycles. The minimum absolute atomic E-state index is 0.152. The van der Waals surface area contributed by atoms with Crippen molar-refractivity contribution in [2.45, 2.75) is 13.2 Å². The molecule has 1 rings (SSSR count). The van der Waals surface area contributed by atoms with Crippen LogP contribution in [0.15, 0.2) is 0 Å². The molecule has 3 nitrogen and oxygen atoms in total. The van der Waals surface area contributed by atoms with E-state index in [1.54, 1.807) is 0 Å². The summed E-state index contributed by atoms with van der Waals surface area (Å²) in [5.41, 5.74) is 5.30. The van der Waals surface area contributed by atoms with Crippen LogP contribution in [-0.2, 0) is 9.47 Å². The number of ether oxygens (including phenoxy) is 2. The van der Waals surface area contributed by atoms with Gasteiger partial charge in [0.05, 0.1) is 13.2 Å². The van der Waals surface area contributed by atoms with Crippen molar-refractivity contribution in [1.29, 1.82) is 0 Å². The molecule has 0 aromatic rings. The average molecular weight is 131 g/mol. The first kappa shape index (κ1) is 6.99. The number of rotatable bonds is 1. The molecule has 1 saturated heterocycles. The van der Waals surface area contributed by atoms with E-state index in [0.717, 1.165) is 13.2 Å². The molecular formula is C6H13NO2. The van der Waals surface area contributed by atoms with Gasteiger partial charge in [-0.3, -0.25) is 0 Å². The lowest BCUT2D eigenvalue weighted by atomic mass is 10.2. The Kier molecular flexibility index (Phi) is 2.45. The van der Waals surface area contributed by atoms with E-state index in [2.05, 4.69) is 6.92 Å². The van der Waals surface area contributed by atoms with Gasteiger partial charge in [0.1, 0.15) is 0 Å². The zero-order valence-electron chi connectivity index (χ0n) is 5.67. The highest BCUT2D eigenvalue weighted by Crippen LogP contribution is 2.08. The second-order valence-electron chi connectivity index (χ2n) is 2.44. The topological polar surface area (TPSA) is 44.5 Å². The van der Waals surface area contributed by atoms with E-state index in [4.69, 9.17) is 15.2 Å². The van der Waals surface area contributed by atoms with Crippen LogP contribution in [-0.4, -0.2) is 26.0 Å². The van der Waals surface area contributed by atoms with Crippen LogP contribution in [0.4, 0.5) is 0 Å². The lowest BCUT2D eigenvalue weighted by Gasteiger charge is -2.25. The summed E-state index contributed by atoms with van der Waals surface area (Å²) in [6.45, 7) is 4.11. The predicted molar refractivity (Wildman–Crippen MR) is 33.9 cm³/mol. The summed E-state index contributed by atoms with van der Waals surface area (Å²) >= 11 is 0. The molecule has 0 saturated carbocycles. The molecule has 54 valence electrons. The van der Waals surface area contributed by atoms with Crippen LogP contribution < -0.4 is 5.73 Å².